The van der Waals surface area contributed by atoms with Crippen molar-refractivity contribution in [3.8, 4) is 0 Å². The number of hydrogen-bond donors (Lipinski definition) is 1. The van der Waals surface area contributed by atoms with Crippen LogP contribution >= 0.6 is 11.8 Å². The summed E-state index contributed by atoms with van der Waals surface area (Å²) in [5.74, 6) is -0.720. The lowest BCUT2D eigenvalue weighted by Gasteiger charge is -2.04. The zero-order valence-corrected chi connectivity index (χ0v) is 12.2. The van der Waals surface area contributed by atoms with Gasteiger partial charge in [-0.15, -0.1) is 0 Å². The molecular formula is C11H13N5O4S. The number of thioether (sulfide) groups is 1. The fourth-order valence-corrected chi connectivity index (χ4v) is 2.35. The smallest absolute Gasteiger partial charge is 0.325 e. The Balaban J connectivity index is 2.34. The van der Waals surface area contributed by atoms with Crippen molar-refractivity contribution in [2.24, 2.45) is 0 Å². The predicted molar refractivity (Wildman–Crippen MR) is 74.5 cm³/mol. The van der Waals surface area contributed by atoms with Crippen LogP contribution in [-0.2, 0) is 25.6 Å². The molecule has 0 saturated carbocycles. The third kappa shape index (κ3) is 3.40. The standard InChI is InChI=1S/C11H13N5O4S/c1-19-6(17)3-16-5-13-8-9(16)14-11(12)15-10(8)21-4-7(18)20-2/h5H,3-4H2,1-2H3,(H2,12,14,15). The van der Waals surface area contributed by atoms with E-state index in [1.165, 1.54) is 25.1 Å². The Morgan fingerprint density at radius 2 is 2.00 bits per heavy atom. The van der Waals surface area contributed by atoms with E-state index in [2.05, 4.69) is 24.4 Å². The van der Waals surface area contributed by atoms with Gasteiger partial charge < -0.3 is 19.8 Å². The van der Waals surface area contributed by atoms with Gasteiger partial charge >= 0.3 is 11.9 Å². The molecule has 0 amide bonds. The van der Waals surface area contributed by atoms with Crippen molar-refractivity contribution < 1.29 is 19.1 Å². The predicted octanol–water partition coefficient (Wildman–Crippen LogP) is -0.153. The van der Waals surface area contributed by atoms with Crippen molar-refractivity contribution >= 4 is 40.8 Å². The van der Waals surface area contributed by atoms with Crippen molar-refractivity contribution in [3.63, 3.8) is 0 Å². The minimum atomic E-state index is -0.435. The number of ether oxygens (including phenoxy) is 2. The van der Waals surface area contributed by atoms with Crippen LogP contribution in [0.5, 0.6) is 0 Å². The summed E-state index contributed by atoms with van der Waals surface area (Å²) in [5, 5.41) is 0.450. The number of anilines is 1. The van der Waals surface area contributed by atoms with Crippen LogP contribution in [0.15, 0.2) is 11.4 Å². The molecule has 2 aromatic heterocycles. The highest BCUT2D eigenvalue weighted by Gasteiger charge is 2.15. The van der Waals surface area contributed by atoms with E-state index in [-0.39, 0.29) is 24.2 Å². The Bertz CT molecular complexity index is 687. The normalized spacial score (nSPS) is 10.6. The summed E-state index contributed by atoms with van der Waals surface area (Å²) in [6, 6.07) is 0. The van der Waals surface area contributed by atoms with Gasteiger partial charge in [-0.05, 0) is 0 Å². The molecule has 2 rings (SSSR count). The average Bonchev–Trinajstić information content (AvgIpc) is 2.87. The molecule has 0 radical (unpaired) electrons. The molecule has 2 aromatic rings. The van der Waals surface area contributed by atoms with E-state index in [0.717, 1.165) is 11.8 Å². The van der Waals surface area contributed by atoms with Gasteiger partial charge in [0, 0.05) is 0 Å². The molecule has 0 atom stereocenters. The van der Waals surface area contributed by atoms with Gasteiger partial charge in [-0.25, -0.2) is 9.97 Å². The average molecular weight is 311 g/mol. The maximum absolute atomic E-state index is 11.3. The summed E-state index contributed by atoms with van der Waals surface area (Å²) >= 11 is 1.14. The molecule has 112 valence electrons. The monoisotopic (exact) mass is 311 g/mol. The van der Waals surface area contributed by atoms with Gasteiger partial charge in [0.1, 0.15) is 17.1 Å². The number of esters is 2. The number of carbonyl (C=O) groups is 2. The van der Waals surface area contributed by atoms with Gasteiger partial charge in [-0.1, -0.05) is 11.8 Å². The molecular weight excluding hydrogens is 298 g/mol. The second-order valence-electron chi connectivity index (χ2n) is 3.87. The van der Waals surface area contributed by atoms with Crippen molar-refractivity contribution in [2.45, 2.75) is 11.6 Å². The van der Waals surface area contributed by atoms with Gasteiger partial charge in [-0.2, -0.15) is 4.98 Å². The molecule has 0 saturated heterocycles. The summed E-state index contributed by atoms with van der Waals surface area (Å²) in [6.45, 7) is -0.0371. The Labute approximate surface area is 123 Å². The Morgan fingerprint density at radius 1 is 1.29 bits per heavy atom. The molecule has 0 spiro atoms. The molecule has 10 heteroatoms. The number of carbonyl (C=O) groups excluding carboxylic acids is 2. The van der Waals surface area contributed by atoms with Gasteiger partial charge in [-0.3, -0.25) is 9.59 Å². The van der Waals surface area contributed by atoms with Gasteiger partial charge in [0.2, 0.25) is 5.95 Å². The molecule has 0 aromatic carbocycles. The second kappa shape index (κ2) is 6.39. The largest absolute Gasteiger partial charge is 0.468 e. The van der Waals surface area contributed by atoms with Crippen LogP contribution in [0.2, 0.25) is 0 Å². The zero-order chi connectivity index (χ0) is 15.4. The van der Waals surface area contributed by atoms with Crippen LogP contribution in [0.25, 0.3) is 11.2 Å². The number of imidazole rings is 1. The van der Waals surface area contributed by atoms with Crippen molar-refractivity contribution in [3.05, 3.63) is 6.33 Å². The van der Waals surface area contributed by atoms with Crippen LogP contribution in [0.3, 0.4) is 0 Å². The number of nitrogen functional groups attached to an aromatic ring is 1. The first-order chi connectivity index (χ1) is 10.0. The molecule has 0 aliphatic rings. The topological polar surface area (TPSA) is 122 Å². The van der Waals surface area contributed by atoms with Crippen LogP contribution in [0, 0.1) is 0 Å². The van der Waals surface area contributed by atoms with Gasteiger partial charge in [0.15, 0.2) is 5.65 Å². The summed E-state index contributed by atoms with van der Waals surface area (Å²) in [7, 11) is 2.60. The number of aromatic nitrogens is 4. The molecule has 9 nitrogen and oxygen atoms in total. The maximum Gasteiger partial charge on any atom is 0.325 e. The van der Waals surface area contributed by atoms with E-state index < -0.39 is 5.97 Å². The quantitative estimate of drug-likeness (QED) is 0.456. The first-order valence-electron chi connectivity index (χ1n) is 5.80. The highest BCUT2D eigenvalue weighted by Crippen LogP contribution is 2.25. The molecule has 2 heterocycles. The molecule has 0 unspecified atom stereocenters. The fraction of sp³-hybridized carbons (Fsp3) is 0.364. The minimum absolute atomic E-state index is 0.0291. The van der Waals surface area contributed by atoms with E-state index in [0.29, 0.717) is 16.2 Å². The van der Waals surface area contributed by atoms with Gasteiger partial charge in [0.05, 0.1) is 26.3 Å². The maximum atomic E-state index is 11.3. The lowest BCUT2D eigenvalue weighted by Crippen LogP contribution is -2.11. The lowest BCUT2D eigenvalue weighted by molar-refractivity contribution is -0.141. The lowest BCUT2D eigenvalue weighted by atomic mass is 10.5. The van der Waals surface area contributed by atoms with Crippen molar-refractivity contribution in [1.82, 2.24) is 19.5 Å². The van der Waals surface area contributed by atoms with E-state index in [4.69, 9.17) is 5.73 Å². The molecule has 0 fully saturated rings. The number of nitrogens with zero attached hydrogens (tertiary/aromatic N) is 4. The van der Waals surface area contributed by atoms with E-state index in [9.17, 15) is 9.59 Å². The number of nitrogens with two attached hydrogens (primary N) is 1. The summed E-state index contributed by atoms with van der Waals surface area (Å²) in [4.78, 5) is 34.8. The van der Waals surface area contributed by atoms with Crippen LogP contribution in [-0.4, -0.2) is 51.4 Å². The van der Waals surface area contributed by atoms with Crippen LogP contribution in [0.4, 0.5) is 5.95 Å². The van der Waals surface area contributed by atoms with E-state index in [1.807, 2.05) is 0 Å². The summed E-state index contributed by atoms with van der Waals surface area (Å²) < 4.78 is 10.7. The number of hydrogen-bond acceptors (Lipinski definition) is 9. The molecule has 0 aliphatic heterocycles. The molecule has 0 bridgehead atoms. The number of fused-ring (bicyclic) bond motifs is 1. The molecule has 2 N–H and O–H groups in total. The molecule has 21 heavy (non-hydrogen) atoms. The summed E-state index contributed by atoms with van der Waals surface area (Å²) in [5.41, 5.74) is 6.51. The number of methoxy groups -OCH3 is 2. The van der Waals surface area contributed by atoms with E-state index >= 15 is 0 Å². The SMILES string of the molecule is COC(=O)CSc1nc(N)nc2c1ncn2CC(=O)OC. The minimum Gasteiger partial charge on any atom is -0.468 e. The first-order valence-corrected chi connectivity index (χ1v) is 6.78. The van der Waals surface area contributed by atoms with Crippen LogP contribution < -0.4 is 5.73 Å². The van der Waals surface area contributed by atoms with Gasteiger partial charge in [0.25, 0.3) is 0 Å². The molecule has 0 aliphatic carbocycles. The van der Waals surface area contributed by atoms with Crippen molar-refractivity contribution in [2.75, 3.05) is 25.7 Å². The second-order valence-corrected chi connectivity index (χ2v) is 4.84. The Hall–Kier alpha value is -2.36. The summed E-state index contributed by atoms with van der Waals surface area (Å²) in [6.07, 6.45) is 1.44. The van der Waals surface area contributed by atoms with E-state index in [1.54, 1.807) is 0 Å². The zero-order valence-electron chi connectivity index (χ0n) is 11.4. The third-order valence-electron chi connectivity index (χ3n) is 2.53. The van der Waals surface area contributed by atoms with Crippen molar-refractivity contribution in [1.29, 1.82) is 0 Å². The number of rotatable bonds is 5. The first kappa shape index (κ1) is 15.0. The third-order valence-corrected chi connectivity index (χ3v) is 3.47. The fourth-order valence-electron chi connectivity index (χ4n) is 1.54. The Kier molecular flexibility index (Phi) is 4.58. The highest BCUT2D eigenvalue weighted by molar-refractivity contribution is 8.00. The highest BCUT2D eigenvalue weighted by atomic mass is 32.2. The van der Waals surface area contributed by atoms with Crippen LogP contribution in [0.1, 0.15) is 0 Å². The Morgan fingerprint density at radius 3 is 2.67 bits per heavy atom.